The Hall–Kier alpha value is -1.75. The van der Waals surface area contributed by atoms with Gasteiger partial charge in [0.05, 0.1) is 21.3 Å². The number of hydrogen-bond donors (Lipinski definition) is 2. The lowest BCUT2D eigenvalue weighted by molar-refractivity contribution is 0.548. The Kier molecular flexibility index (Phi) is 4.01. The molecule has 3 aromatic rings. The van der Waals surface area contributed by atoms with Gasteiger partial charge in [0.1, 0.15) is 0 Å². The molecule has 4 heteroatoms. The molecule has 0 bridgehead atoms. The van der Waals surface area contributed by atoms with Gasteiger partial charge in [-0.2, -0.15) is 0 Å². The zero-order valence-electron chi connectivity index (χ0n) is 12.3. The SMILES string of the molecule is Cc1ccc(C(Cc2nc3ccccc3s2)NN)c(C)c1. The Labute approximate surface area is 128 Å². The third-order valence-electron chi connectivity index (χ3n) is 3.72. The van der Waals surface area contributed by atoms with Gasteiger partial charge in [0, 0.05) is 6.42 Å². The number of nitrogens with two attached hydrogens (primary N) is 1. The van der Waals surface area contributed by atoms with E-state index in [9.17, 15) is 0 Å². The maximum Gasteiger partial charge on any atom is 0.0958 e. The molecule has 0 aliphatic carbocycles. The summed E-state index contributed by atoms with van der Waals surface area (Å²) in [6.45, 7) is 4.24. The van der Waals surface area contributed by atoms with Crippen LogP contribution in [0.25, 0.3) is 10.2 Å². The largest absolute Gasteiger partial charge is 0.271 e. The second kappa shape index (κ2) is 5.93. The summed E-state index contributed by atoms with van der Waals surface area (Å²) >= 11 is 1.74. The first-order chi connectivity index (χ1) is 10.2. The van der Waals surface area contributed by atoms with Crippen LogP contribution in [0.1, 0.15) is 27.7 Å². The van der Waals surface area contributed by atoms with Crippen LogP contribution in [-0.4, -0.2) is 4.98 Å². The lowest BCUT2D eigenvalue weighted by atomic mass is 9.98. The van der Waals surface area contributed by atoms with E-state index in [1.165, 1.54) is 21.4 Å². The minimum atomic E-state index is 0.0890. The van der Waals surface area contributed by atoms with Gasteiger partial charge in [0.25, 0.3) is 0 Å². The molecule has 3 rings (SSSR count). The summed E-state index contributed by atoms with van der Waals surface area (Å²) in [4.78, 5) is 4.70. The average Bonchev–Trinajstić information content (AvgIpc) is 2.87. The number of rotatable bonds is 4. The number of benzene rings is 2. The highest BCUT2D eigenvalue weighted by molar-refractivity contribution is 7.18. The molecule has 0 saturated carbocycles. The number of hydrogen-bond acceptors (Lipinski definition) is 4. The minimum Gasteiger partial charge on any atom is -0.271 e. The van der Waals surface area contributed by atoms with Crippen molar-refractivity contribution in [2.24, 2.45) is 5.84 Å². The summed E-state index contributed by atoms with van der Waals surface area (Å²) in [6, 6.07) is 14.8. The molecular weight excluding hydrogens is 278 g/mol. The van der Waals surface area contributed by atoms with Gasteiger partial charge >= 0.3 is 0 Å². The van der Waals surface area contributed by atoms with Gasteiger partial charge in [0.2, 0.25) is 0 Å². The van der Waals surface area contributed by atoms with Gasteiger partial charge in [-0.15, -0.1) is 11.3 Å². The number of nitrogens with zero attached hydrogens (tertiary/aromatic N) is 1. The van der Waals surface area contributed by atoms with Gasteiger partial charge in [-0.25, -0.2) is 4.98 Å². The fourth-order valence-corrected chi connectivity index (χ4v) is 3.67. The van der Waals surface area contributed by atoms with Crippen LogP contribution in [-0.2, 0) is 6.42 Å². The Morgan fingerprint density at radius 3 is 2.71 bits per heavy atom. The van der Waals surface area contributed by atoms with Crippen molar-refractivity contribution < 1.29 is 0 Å². The molecule has 2 aromatic carbocycles. The number of para-hydroxylation sites is 1. The zero-order valence-corrected chi connectivity index (χ0v) is 13.1. The smallest absolute Gasteiger partial charge is 0.0958 e. The van der Waals surface area contributed by atoms with E-state index in [0.29, 0.717) is 0 Å². The molecule has 1 aromatic heterocycles. The van der Waals surface area contributed by atoms with E-state index in [4.69, 9.17) is 10.8 Å². The topological polar surface area (TPSA) is 50.9 Å². The molecule has 0 amide bonds. The second-order valence-electron chi connectivity index (χ2n) is 5.36. The van der Waals surface area contributed by atoms with Crippen molar-refractivity contribution in [2.75, 3.05) is 0 Å². The maximum atomic E-state index is 5.78. The van der Waals surface area contributed by atoms with Gasteiger partial charge < -0.3 is 0 Å². The number of nitrogens with one attached hydrogen (secondary N) is 1. The highest BCUT2D eigenvalue weighted by atomic mass is 32.1. The van der Waals surface area contributed by atoms with E-state index in [2.05, 4.69) is 49.6 Å². The first kappa shape index (κ1) is 14.2. The van der Waals surface area contributed by atoms with Crippen molar-refractivity contribution in [3.05, 3.63) is 64.2 Å². The molecule has 1 heterocycles. The summed E-state index contributed by atoms with van der Waals surface area (Å²) in [5.41, 5.74) is 7.77. The fourth-order valence-electron chi connectivity index (χ4n) is 2.66. The molecule has 0 aliphatic rings. The molecule has 1 atom stereocenters. The molecule has 108 valence electrons. The Balaban J connectivity index is 1.90. The lowest BCUT2D eigenvalue weighted by Crippen LogP contribution is -2.30. The number of fused-ring (bicyclic) bond motifs is 1. The highest BCUT2D eigenvalue weighted by Crippen LogP contribution is 2.27. The maximum absolute atomic E-state index is 5.78. The Bertz CT molecular complexity index is 731. The second-order valence-corrected chi connectivity index (χ2v) is 6.47. The predicted octanol–water partition coefficient (Wildman–Crippen LogP) is 3.66. The van der Waals surface area contributed by atoms with Crippen LogP contribution in [0, 0.1) is 13.8 Å². The third kappa shape index (κ3) is 2.97. The van der Waals surface area contributed by atoms with Crippen molar-refractivity contribution in [3.8, 4) is 0 Å². The molecule has 0 aliphatic heterocycles. The summed E-state index contributed by atoms with van der Waals surface area (Å²) in [5, 5.41) is 1.11. The van der Waals surface area contributed by atoms with Crippen LogP contribution in [0.2, 0.25) is 0 Å². The number of aryl methyl sites for hydroxylation is 2. The quantitative estimate of drug-likeness (QED) is 0.571. The van der Waals surface area contributed by atoms with Crippen molar-refractivity contribution in [1.82, 2.24) is 10.4 Å². The lowest BCUT2D eigenvalue weighted by Gasteiger charge is -2.17. The molecule has 0 fully saturated rings. The van der Waals surface area contributed by atoms with Crippen molar-refractivity contribution >= 4 is 21.6 Å². The summed E-state index contributed by atoms with van der Waals surface area (Å²) < 4.78 is 1.23. The van der Waals surface area contributed by atoms with Crippen molar-refractivity contribution in [1.29, 1.82) is 0 Å². The molecule has 0 spiro atoms. The van der Waals surface area contributed by atoms with E-state index in [0.717, 1.165) is 16.9 Å². The Morgan fingerprint density at radius 2 is 2.00 bits per heavy atom. The van der Waals surface area contributed by atoms with E-state index >= 15 is 0 Å². The summed E-state index contributed by atoms with van der Waals surface area (Å²) in [7, 11) is 0. The van der Waals surface area contributed by atoms with Gasteiger partial charge in [-0.1, -0.05) is 35.9 Å². The van der Waals surface area contributed by atoms with Crippen LogP contribution < -0.4 is 11.3 Å². The van der Waals surface area contributed by atoms with Crippen LogP contribution >= 0.6 is 11.3 Å². The number of hydrazine groups is 1. The van der Waals surface area contributed by atoms with Crippen molar-refractivity contribution in [3.63, 3.8) is 0 Å². The molecule has 3 N–H and O–H groups in total. The summed E-state index contributed by atoms with van der Waals surface area (Å²) in [6.07, 6.45) is 0.805. The Morgan fingerprint density at radius 1 is 1.19 bits per heavy atom. The third-order valence-corrected chi connectivity index (χ3v) is 4.78. The summed E-state index contributed by atoms with van der Waals surface area (Å²) in [5.74, 6) is 5.78. The van der Waals surface area contributed by atoms with Crippen LogP contribution in [0.5, 0.6) is 0 Å². The van der Waals surface area contributed by atoms with Gasteiger partial charge in [-0.05, 0) is 37.1 Å². The van der Waals surface area contributed by atoms with E-state index in [-0.39, 0.29) is 6.04 Å². The van der Waals surface area contributed by atoms with Crippen LogP contribution in [0.4, 0.5) is 0 Å². The number of aromatic nitrogens is 1. The van der Waals surface area contributed by atoms with Crippen molar-refractivity contribution in [2.45, 2.75) is 26.3 Å². The molecule has 3 nitrogen and oxygen atoms in total. The van der Waals surface area contributed by atoms with E-state index in [1.54, 1.807) is 11.3 Å². The van der Waals surface area contributed by atoms with Crippen LogP contribution in [0.15, 0.2) is 42.5 Å². The normalized spacial score (nSPS) is 12.7. The molecule has 0 radical (unpaired) electrons. The standard InChI is InChI=1S/C17H19N3S/c1-11-7-8-13(12(2)9-11)15(20-18)10-17-19-14-5-3-4-6-16(14)21-17/h3-9,15,20H,10,18H2,1-2H3. The molecule has 21 heavy (non-hydrogen) atoms. The molecule has 1 unspecified atom stereocenters. The van der Waals surface area contributed by atoms with E-state index < -0.39 is 0 Å². The average molecular weight is 297 g/mol. The first-order valence-electron chi connectivity index (χ1n) is 7.05. The zero-order chi connectivity index (χ0) is 14.8. The van der Waals surface area contributed by atoms with Gasteiger partial charge in [-0.3, -0.25) is 11.3 Å². The molecular formula is C17H19N3S. The van der Waals surface area contributed by atoms with Gasteiger partial charge in [0.15, 0.2) is 0 Å². The molecule has 0 saturated heterocycles. The van der Waals surface area contributed by atoms with Crippen LogP contribution in [0.3, 0.4) is 0 Å². The fraction of sp³-hybridized carbons (Fsp3) is 0.235. The predicted molar refractivity (Wildman–Crippen MR) is 89.3 cm³/mol. The highest BCUT2D eigenvalue weighted by Gasteiger charge is 2.15. The van der Waals surface area contributed by atoms with E-state index in [1.807, 2.05) is 12.1 Å². The number of thiazole rings is 1. The first-order valence-corrected chi connectivity index (χ1v) is 7.87. The monoisotopic (exact) mass is 297 g/mol. The minimum absolute atomic E-state index is 0.0890.